The first-order chi connectivity index (χ1) is 12.5. The normalized spacial score (nSPS) is 20.6. The number of amides is 2. The third kappa shape index (κ3) is 4.77. The van der Waals surface area contributed by atoms with Crippen molar-refractivity contribution in [1.82, 2.24) is 15.1 Å². The first-order valence-corrected chi connectivity index (χ1v) is 10.0. The molecule has 3 rings (SSSR count). The fraction of sp³-hybridized carbons (Fsp3) is 0.600. The zero-order chi connectivity index (χ0) is 18.5. The molecule has 5 nitrogen and oxygen atoms in total. The standard InChI is InChI=1S/C20H28ClN3O2/c1-15(19(25)22-18-8-2-3-9-18)23-10-5-11-24(13-12-23)20(26)16-6-4-7-17(21)14-16/h4,6-7,14-15,18H,2-3,5,8-13H2,1H3,(H,22,25). The van der Waals surface area contributed by atoms with Gasteiger partial charge in [-0.1, -0.05) is 30.5 Å². The molecular weight excluding hydrogens is 350 g/mol. The highest BCUT2D eigenvalue weighted by atomic mass is 35.5. The van der Waals surface area contributed by atoms with E-state index in [0.717, 1.165) is 25.8 Å². The van der Waals surface area contributed by atoms with Crippen molar-refractivity contribution in [3.05, 3.63) is 34.9 Å². The van der Waals surface area contributed by atoms with E-state index in [2.05, 4.69) is 10.2 Å². The van der Waals surface area contributed by atoms with Gasteiger partial charge in [0, 0.05) is 42.8 Å². The number of hydrogen-bond donors (Lipinski definition) is 1. The van der Waals surface area contributed by atoms with Gasteiger partial charge in [0.15, 0.2) is 0 Å². The average Bonchev–Trinajstić information content (AvgIpc) is 3.02. The minimum atomic E-state index is -0.156. The molecule has 2 amide bonds. The number of halogens is 1. The zero-order valence-corrected chi connectivity index (χ0v) is 16.2. The summed E-state index contributed by atoms with van der Waals surface area (Å²) >= 11 is 6.01. The minimum absolute atomic E-state index is 0.0115. The lowest BCUT2D eigenvalue weighted by Crippen LogP contribution is -2.48. The number of hydrogen-bond acceptors (Lipinski definition) is 3. The van der Waals surface area contributed by atoms with E-state index in [9.17, 15) is 9.59 Å². The van der Waals surface area contributed by atoms with Crippen molar-refractivity contribution in [3.8, 4) is 0 Å². The molecular formula is C20H28ClN3O2. The molecule has 6 heteroatoms. The van der Waals surface area contributed by atoms with Crippen LogP contribution in [0.1, 0.15) is 49.4 Å². The lowest BCUT2D eigenvalue weighted by Gasteiger charge is -2.28. The van der Waals surface area contributed by atoms with Crippen molar-refractivity contribution >= 4 is 23.4 Å². The monoisotopic (exact) mass is 377 g/mol. The lowest BCUT2D eigenvalue weighted by molar-refractivity contribution is -0.126. The minimum Gasteiger partial charge on any atom is -0.352 e. The summed E-state index contributed by atoms with van der Waals surface area (Å²) in [4.78, 5) is 29.3. The first kappa shape index (κ1) is 19.2. The van der Waals surface area contributed by atoms with E-state index >= 15 is 0 Å². The van der Waals surface area contributed by atoms with Gasteiger partial charge in [-0.3, -0.25) is 14.5 Å². The quantitative estimate of drug-likeness (QED) is 0.877. The van der Waals surface area contributed by atoms with Crippen LogP contribution in [-0.2, 0) is 4.79 Å². The molecule has 1 saturated carbocycles. The van der Waals surface area contributed by atoms with Crippen molar-refractivity contribution < 1.29 is 9.59 Å². The summed E-state index contributed by atoms with van der Waals surface area (Å²) in [6, 6.07) is 7.27. The van der Waals surface area contributed by atoms with Crippen molar-refractivity contribution in [3.63, 3.8) is 0 Å². The summed E-state index contributed by atoms with van der Waals surface area (Å²) < 4.78 is 0. The van der Waals surface area contributed by atoms with Crippen LogP contribution in [0.2, 0.25) is 5.02 Å². The molecule has 2 aliphatic rings. The predicted octanol–water partition coefficient (Wildman–Crippen LogP) is 2.94. The smallest absolute Gasteiger partial charge is 0.253 e. The Kier molecular flexibility index (Phi) is 6.54. The molecule has 1 saturated heterocycles. The summed E-state index contributed by atoms with van der Waals surface area (Å²) in [6.07, 6.45) is 5.49. The van der Waals surface area contributed by atoms with Gasteiger partial charge in [0.1, 0.15) is 0 Å². The highest BCUT2D eigenvalue weighted by Gasteiger charge is 2.27. The Bertz CT molecular complexity index is 646. The van der Waals surface area contributed by atoms with E-state index in [1.54, 1.807) is 24.3 Å². The number of nitrogens with zero attached hydrogens (tertiary/aromatic N) is 2. The van der Waals surface area contributed by atoms with Crippen LogP contribution in [0.25, 0.3) is 0 Å². The Hall–Kier alpha value is -1.59. The Morgan fingerprint density at radius 2 is 1.88 bits per heavy atom. The van der Waals surface area contributed by atoms with E-state index in [4.69, 9.17) is 11.6 Å². The molecule has 0 spiro atoms. The number of rotatable bonds is 4. The van der Waals surface area contributed by atoms with Gasteiger partial charge in [-0.2, -0.15) is 0 Å². The Morgan fingerprint density at radius 3 is 2.62 bits per heavy atom. The summed E-state index contributed by atoms with van der Waals surface area (Å²) in [5.41, 5.74) is 0.623. The summed E-state index contributed by atoms with van der Waals surface area (Å²) in [5, 5.41) is 3.76. The summed E-state index contributed by atoms with van der Waals surface area (Å²) in [7, 11) is 0. The molecule has 1 aliphatic heterocycles. The Labute approximate surface area is 160 Å². The van der Waals surface area contributed by atoms with Crippen molar-refractivity contribution in [2.24, 2.45) is 0 Å². The Balaban J connectivity index is 1.55. The number of benzene rings is 1. The van der Waals surface area contributed by atoms with Crippen LogP contribution < -0.4 is 5.32 Å². The third-order valence-corrected chi connectivity index (χ3v) is 5.75. The number of nitrogens with one attached hydrogen (secondary N) is 1. The molecule has 0 radical (unpaired) electrons. The van der Waals surface area contributed by atoms with E-state index in [1.165, 1.54) is 12.8 Å². The maximum atomic E-state index is 12.7. The lowest BCUT2D eigenvalue weighted by atomic mass is 10.2. The van der Waals surface area contributed by atoms with Gasteiger partial charge < -0.3 is 10.2 Å². The van der Waals surface area contributed by atoms with Gasteiger partial charge in [-0.15, -0.1) is 0 Å². The molecule has 1 unspecified atom stereocenters. The van der Waals surface area contributed by atoms with Gasteiger partial charge in [-0.25, -0.2) is 0 Å². The molecule has 26 heavy (non-hydrogen) atoms. The topological polar surface area (TPSA) is 52.7 Å². The van der Waals surface area contributed by atoms with Crippen molar-refractivity contribution in [2.45, 2.75) is 51.1 Å². The maximum Gasteiger partial charge on any atom is 0.253 e. The fourth-order valence-corrected chi connectivity index (χ4v) is 4.08. The second kappa shape index (κ2) is 8.87. The van der Waals surface area contributed by atoms with Gasteiger partial charge in [-0.05, 0) is 44.4 Å². The fourth-order valence-electron chi connectivity index (χ4n) is 3.89. The van der Waals surface area contributed by atoms with E-state index in [1.807, 2.05) is 11.8 Å². The molecule has 1 heterocycles. The van der Waals surface area contributed by atoms with Crippen LogP contribution in [0, 0.1) is 0 Å². The van der Waals surface area contributed by atoms with Crippen molar-refractivity contribution in [2.75, 3.05) is 26.2 Å². The number of carbonyl (C=O) groups excluding carboxylic acids is 2. The van der Waals surface area contributed by atoms with Gasteiger partial charge in [0.2, 0.25) is 5.91 Å². The summed E-state index contributed by atoms with van der Waals surface area (Å²) in [6.45, 7) is 4.86. The molecule has 142 valence electrons. The van der Waals surface area contributed by atoms with E-state index in [-0.39, 0.29) is 17.9 Å². The molecule has 2 fully saturated rings. The second-order valence-electron chi connectivity index (χ2n) is 7.36. The van der Waals surface area contributed by atoms with Crippen LogP contribution >= 0.6 is 11.6 Å². The van der Waals surface area contributed by atoms with Gasteiger partial charge >= 0.3 is 0 Å². The molecule has 1 aliphatic carbocycles. The molecule has 1 aromatic rings. The molecule has 1 N–H and O–H groups in total. The average molecular weight is 378 g/mol. The molecule has 0 aromatic heterocycles. The largest absolute Gasteiger partial charge is 0.352 e. The first-order valence-electron chi connectivity index (χ1n) is 9.64. The highest BCUT2D eigenvalue weighted by molar-refractivity contribution is 6.30. The molecule has 1 aromatic carbocycles. The van der Waals surface area contributed by atoms with Gasteiger partial charge in [0.05, 0.1) is 6.04 Å². The molecule has 0 bridgehead atoms. The number of carbonyl (C=O) groups is 2. The van der Waals surface area contributed by atoms with Crippen LogP contribution in [0.4, 0.5) is 0 Å². The predicted molar refractivity (Wildman–Crippen MR) is 103 cm³/mol. The third-order valence-electron chi connectivity index (χ3n) is 5.52. The van der Waals surface area contributed by atoms with Crippen LogP contribution in [0.5, 0.6) is 0 Å². The van der Waals surface area contributed by atoms with Crippen LogP contribution in [0.15, 0.2) is 24.3 Å². The molecule has 1 atom stereocenters. The van der Waals surface area contributed by atoms with Crippen molar-refractivity contribution in [1.29, 1.82) is 0 Å². The van der Waals surface area contributed by atoms with E-state index in [0.29, 0.717) is 36.3 Å². The second-order valence-corrected chi connectivity index (χ2v) is 7.79. The van der Waals surface area contributed by atoms with Crippen LogP contribution in [-0.4, -0.2) is 59.9 Å². The maximum absolute atomic E-state index is 12.7. The summed E-state index contributed by atoms with van der Waals surface area (Å²) in [5.74, 6) is 0.129. The Morgan fingerprint density at radius 1 is 1.12 bits per heavy atom. The van der Waals surface area contributed by atoms with Gasteiger partial charge in [0.25, 0.3) is 5.91 Å². The SMILES string of the molecule is CC(C(=O)NC1CCCC1)N1CCCN(C(=O)c2cccc(Cl)c2)CC1. The zero-order valence-electron chi connectivity index (χ0n) is 15.4. The van der Waals surface area contributed by atoms with E-state index < -0.39 is 0 Å². The van der Waals surface area contributed by atoms with Crippen LogP contribution in [0.3, 0.4) is 0 Å². The highest BCUT2D eigenvalue weighted by Crippen LogP contribution is 2.19.